The largest absolute Gasteiger partial charge is 0.440 e. The third-order valence-corrected chi connectivity index (χ3v) is 6.32. The molecule has 2 aromatic carbocycles. The number of hydrogen-bond acceptors (Lipinski definition) is 3. The number of aryl methyl sites for hydroxylation is 1. The van der Waals surface area contributed by atoms with Crippen molar-refractivity contribution < 1.29 is 9.53 Å². The predicted molar refractivity (Wildman–Crippen MR) is 111 cm³/mol. The van der Waals surface area contributed by atoms with E-state index in [1.54, 1.807) is 4.90 Å². The van der Waals surface area contributed by atoms with E-state index in [1.165, 1.54) is 27.4 Å². The highest BCUT2D eigenvalue weighted by molar-refractivity contribution is 6.08. The molecule has 3 aromatic rings. The van der Waals surface area contributed by atoms with Gasteiger partial charge in [-0.15, -0.1) is 0 Å². The van der Waals surface area contributed by atoms with Crippen molar-refractivity contribution in [3.05, 3.63) is 48.0 Å². The zero-order valence-corrected chi connectivity index (χ0v) is 16.6. The smallest absolute Gasteiger partial charge is 0.410 e. The van der Waals surface area contributed by atoms with E-state index in [2.05, 4.69) is 58.9 Å². The molecule has 5 heteroatoms. The van der Waals surface area contributed by atoms with Gasteiger partial charge in [0.2, 0.25) is 0 Å². The fourth-order valence-corrected chi connectivity index (χ4v) is 5.13. The number of carbonyl (C=O) groups excluding carboxylic acids is 1. The molecule has 2 fully saturated rings. The van der Waals surface area contributed by atoms with Gasteiger partial charge >= 0.3 is 6.09 Å². The van der Waals surface area contributed by atoms with Gasteiger partial charge in [-0.1, -0.05) is 24.3 Å². The summed E-state index contributed by atoms with van der Waals surface area (Å²) in [5.41, 5.74) is 3.59. The Hall–Kier alpha value is -2.53. The summed E-state index contributed by atoms with van der Waals surface area (Å²) in [5.74, 6) is 0. The second-order valence-corrected chi connectivity index (χ2v) is 8.33. The van der Waals surface area contributed by atoms with E-state index >= 15 is 0 Å². The summed E-state index contributed by atoms with van der Waals surface area (Å²) in [7, 11) is 1.83. The van der Waals surface area contributed by atoms with Crippen LogP contribution in [0.15, 0.2) is 42.5 Å². The second kappa shape index (κ2) is 6.52. The minimum Gasteiger partial charge on any atom is -0.440 e. The number of benzene rings is 2. The first-order valence-electron chi connectivity index (χ1n) is 10.2. The van der Waals surface area contributed by atoms with Crippen LogP contribution in [0.4, 0.5) is 4.79 Å². The van der Waals surface area contributed by atoms with E-state index in [0.717, 1.165) is 39.0 Å². The molecule has 2 aliphatic rings. The lowest BCUT2D eigenvalue weighted by atomic mass is 9.92. The summed E-state index contributed by atoms with van der Waals surface area (Å²) in [4.78, 5) is 16.0. The molecule has 1 aromatic heterocycles. The third-order valence-electron chi connectivity index (χ3n) is 6.32. The summed E-state index contributed by atoms with van der Waals surface area (Å²) in [5, 5.41) is 2.65. The third kappa shape index (κ3) is 2.76. The molecule has 1 amide bonds. The molecule has 1 atom stereocenters. The first-order chi connectivity index (χ1) is 13.6. The molecule has 2 aliphatic heterocycles. The number of ether oxygens (including phenoxy) is 1. The first kappa shape index (κ1) is 17.6. The summed E-state index contributed by atoms with van der Waals surface area (Å²) in [6.07, 6.45) is 1.84. The molecule has 5 rings (SSSR count). The Morgan fingerprint density at radius 3 is 2.68 bits per heavy atom. The summed E-state index contributed by atoms with van der Waals surface area (Å²) < 4.78 is 8.14. The highest BCUT2D eigenvalue weighted by atomic mass is 16.6. The number of likely N-dealkylation sites (N-methyl/N-ethyl adjacent to an activating group) is 1. The van der Waals surface area contributed by atoms with E-state index in [-0.39, 0.29) is 11.7 Å². The average molecular weight is 377 g/mol. The minimum atomic E-state index is -0.327. The SMILES string of the molecule is CCn1c2ccccc2c2cc(CN3CCC[C@]4(C3)CN(C)C(=O)O4)ccc21. The van der Waals surface area contributed by atoms with Crippen LogP contribution in [0.3, 0.4) is 0 Å². The highest BCUT2D eigenvalue weighted by Gasteiger charge is 2.46. The van der Waals surface area contributed by atoms with Crippen LogP contribution in [-0.2, 0) is 17.8 Å². The van der Waals surface area contributed by atoms with Gasteiger partial charge in [-0.25, -0.2) is 4.79 Å². The lowest BCUT2D eigenvalue weighted by molar-refractivity contribution is -0.0113. The van der Waals surface area contributed by atoms with Crippen molar-refractivity contribution in [2.45, 2.75) is 38.5 Å². The van der Waals surface area contributed by atoms with Crippen LogP contribution in [0.2, 0.25) is 0 Å². The Kier molecular flexibility index (Phi) is 4.09. The number of nitrogens with zero attached hydrogens (tertiary/aromatic N) is 3. The maximum atomic E-state index is 11.9. The highest BCUT2D eigenvalue weighted by Crippen LogP contribution is 2.33. The van der Waals surface area contributed by atoms with Gasteiger partial charge in [0.1, 0.15) is 5.60 Å². The van der Waals surface area contributed by atoms with Crippen LogP contribution in [0, 0.1) is 0 Å². The number of rotatable bonds is 3. The van der Waals surface area contributed by atoms with Gasteiger partial charge in [-0.05, 0) is 50.1 Å². The molecule has 3 heterocycles. The van der Waals surface area contributed by atoms with Crippen LogP contribution in [0.25, 0.3) is 21.8 Å². The van der Waals surface area contributed by atoms with E-state index in [1.807, 2.05) is 7.05 Å². The Labute approximate surface area is 165 Å². The molecule has 2 saturated heterocycles. The van der Waals surface area contributed by atoms with Crippen molar-refractivity contribution in [3.8, 4) is 0 Å². The molecule has 0 saturated carbocycles. The molecule has 28 heavy (non-hydrogen) atoms. The predicted octanol–water partition coefficient (Wildman–Crippen LogP) is 4.23. The molecular formula is C23H27N3O2. The number of likely N-dealkylation sites (tertiary alicyclic amines) is 1. The fourth-order valence-electron chi connectivity index (χ4n) is 5.13. The number of fused-ring (bicyclic) bond motifs is 3. The Morgan fingerprint density at radius 1 is 1.07 bits per heavy atom. The van der Waals surface area contributed by atoms with Gasteiger partial charge in [0.15, 0.2) is 0 Å². The molecule has 0 aliphatic carbocycles. The average Bonchev–Trinajstić information content (AvgIpc) is 3.15. The molecule has 0 radical (unpaired) electrons. The van der Waals surface area contributed by atoms with Gasteiger partial charge in [0, 0.05) is 48.5 Å². The number of piperidine rings is 1. The van der Waals surface area contributed by atoms with Crippen LogP contribution < -0.4 is 0 Å². The summed E-state index contributed by atoms with van der Waals surface area (Å²) in [6, 6.07) is 15.5. The number of aromatic nitrogens is 1. The van der Waals surface area contributed by atoms with Crippen molar-refractivity contribution in [1.29, 1.82) is 0 Å². The maximum absolute atomic E-state index is 11.9. The van der Waals surface area contributed by atoms with Gasteiger partial charge in [0.05, 0.1) is 6.54 Å². The monoisotopic (exact) mass is 377 g/mol. The van der Waals surface area contributed by atoms with Crippen molar-refractivity contribution in [2.24, 2.45) is 0 Å². The van der Waals surface area contributed by atoms with E-state index in [9.17, 15) is 4.79 Å². The molecular weight excluding hydrogens is 350 g/mol. The lowest BCUT2D eigenvalue weighted by Crippen LogP contribution is -2.50. The quantitative estimate of drug-likeness (QED) is 0.685. The van der Waals surface area contributed by atoms with E-state index in [4.69, 9.17) is 4.74 Å². The van der Waals surface area contributed by atoms with Crippen molar-refractivity contribution in [2.75, 3.05) is 26.7 Å². The molecule has 5 nitrogen and oxygen atoms in total. The second-order valence-electron chi connectivity index (χ2n) is 8.33. The van der Waals surface area contributed by atoms with Gasteiger partial charge in [0.25, 0.3) is 0 Å². The zero-order chi connectivity index (χ0) is 19.3. The van der Waals surface area contributed by atoms with E-state index < -0.39 is 0 Å². The Morgan fingerprint density at radius 2 is 1.89 bits per heavy atom. The van der Waals surface area contributed by atoms with Crippen molar-refractivity contribution in [1.82, 2.24) is 14.4 Å². The molecule has 1 spiro atoms. The van der Waals surface area contributed by atoms with Crippen molar-refractivity contribution in [3.63, 3.8) is 0 Å². The standard InChI is InChI=1S/C23H27N3O2/c1-3-26-20-8-5-4-7-18(20)19-13-17(9-10-21(19)26)14-25-12-6-11-23(16-25)15-24(2)22(27)28-23/h4-5,7-10,13H,3,6,11-12,14-16H2,1-2H3/t23-/m1/s1. The van der Waals surface area contributed by atoms with Crippen molar-refractivity contribution >= 4 is 27.9 Å². The zero-order valence-electron chi connectivity index (χ0n) is 16.6. The fraction of sp³-hybridized carbons (Fsp3) is 0.435. The topological polar surface area (TPSA) is 37.7 Å². The molecule has 0 N–H and O–H groups in total. The van der Waals surface area contributed by atoms with Crippen LogP contribution in [0.1, 0.15) is 25.3 Å². The number of para-hydroxylation sites is 1. The first-order valence-corrected chi connectivity index (χ1v) is 10.2. The summed E-state index contributed by atoms with van der Waals surface area (Å²) in [6.45, 7) is 6.63. The minimum absolute atomic E-state index is 0.185. The van der Waals surface area contributed by atoms with Crippen LogP contribution >= 0.6 is 0 Å². The van der Waals surface area contributed by atoms with Crippen LogP contribution in [-0.4, -0.2) is 52.7 Å². The molecule has 146 valence electrons. The van der Waals surface area contributed by atoms with Gasteiger partial charge in [-0.2, -0.15) is 0 Å². The van der Waals surface area contributed by atoms with Gasteiger partial charge < -0.3 is 14.2 Å². The van der Waals surface area contributed by atoms with E-state index in [0.29, 0.717) is 6.54 Å². The lowest BCUT2D eigenvalue weighted by Gasteiger charge is -2.38. The molecule has 0 bridgehead atoms. The number of carbonyl (C=O) groups is 1. The van der Waals surface area contributed by atoms with Gasteiger partial charge in [-0.3, -0.25) is 4.90 Å². The maximum Gasteiger partial charge on any atom is 0.410 e. The summed E-state index contributed by atoms with van der Waals surface area (Å²) >= 11 is 0. The Balaban J connectivity index is 1.44. The molecule has 0 unspecified atom stereocenters. The van der Waals surface area contributed by atoms with Crippen LogP contribution in [0.5, 0.6) is 0 Å². The number of amides is 1. The number of hydrogen-bond donors (Lipinski definition) is 0. The Bertz CT molecular complexity index is 1060. The normalized spacial score (nSPS) is 23.2.